The van der Waals surface area contributed by atoms with Crippen molar-refractivity contribution < 1.29 is 27.2 Å². The summed E-state index contributed by atoms with van der Waals surface area (Å²) in [6.45, 7) is 0.514. The summed E-state index contributed by atoms with van der Waals surface area (Å²) in [6, 6.07) is 3.92. The van der Waals surface area contributed by atoms with Crippen LogP contribution in [0.2, 0.25) is 0 Å². The number of hydrogen-bond acceptors (Lipinski definition) is 4. The maximum atomic E-state index is 13.1. The molecule has 0 unspecified atom stereocenters. The highest BCUT2D eigenvalue weighted by molar-refractivity contribution is 9.10. The first-order valence-electron chi connectivity index (χ1n) is 7.86. The number of hydrogen-bond donors (Lipinski definition) is 2. The summed E-state index contributed by atoms with van der Waals surface area (Å²) in [5.41, 5.74) is -0.556. The van der Waals surface area contributed by atoms with E-state index in [1.54, 1.807) is 12.1 Å². The third-order valence-corrected chi connectivity index (χ3v) is 5.31. The van der Waals surface area contributed by atoms with Gasteiger partial charge < -0.3 is 14.6 Å². The van der Waals surface area contributed by atoms with Crippen LogP contribution < -0.4 is 15.4 Å². The largest absolute Gasteiger partial charge is 0.491 e. The van der Waals surface area contributed by atoms with Crippen molar-refractivity contribution in [3.63, 3.8) is 0 Å². The van der Waals surface area contributed by atoms with E-state index in [1.165, 1.54) is 0 Å². The Hall–Kier alpha value is -2.23. The number of aromatic nitrogens is 1. The highest BCUT2D eigenvalue weighted by Gasteiger charge is 2.66. The van der Waals surface area contributed by atoms with Gasteiger partial charge in [-0.2, -0.15) is 13.2 Å². The van der Waals surface area contributed by atoms with E-state index in [4.69, 9.17) is 9.26 Å². The Labute approximate surface area is 154 Å². The number of benzene rings is 1. The van der Waals surface area contributed by atoms with Crippen LogP contribution in [0.1, 0.15) is 24.2 Å². The minimum absolute atomic E-state index is 0.0420. The molecular weight excluding hydrogens is 419 g/mol. The number of nitrogens with zero attached hydrogens (tertiary/aromatic N) is 1. The molecule has 26 heavy (non-hydrogen) atoms. The van der Waals surface area contributed by atoms with Gasteiger partial charge in [-0.15, -0.1) is 0 Å². The van der Waals surface area contributed by atoms with Gasteiger partial charge in [-0.25, -0.2) is 4.79 Å². The smallest absolute Gasteiger partial charge is 0.401 e. The topological polar surface area (TPSA) is 76.4 Å². The number of anilines is 2. The average Bonchev–Trinajstić information content (AvgIpc) is 3.02. The molecule has 0 bridgehead atoms. The summed E-state index contributed by atoms with van der Waals surface area (Å²) in [7, 11) is 0. The van der Waals surface area contributed by atoms with Crippen molar-refractivity contribution in [2.24, 2.45) is 0 Å². The van der Waals surface area contributed by atoms with Crippen LogP contribution in [-0.2, 0) is 11.8 Å². The molecule has 2 aromatic rings. The number of halogens is 4. The lowest BCUT2D eigenvalue weighted by Gasteiger charge is -2.15. The fourth-order valence-electron chi connectivity index (χ4n) is 2.98. The predicted molar refractivity (Wildman–Crippen MR) is 89.5 cm³/mol. The molecule has 2 aliphatic rings. The Bertz CT molecular complexity index is 877. The zero-order chi connectivity index (χ0) is 18.5. The van der Waals surface area contributed by atoms with Crippen molar-refractivity contribution in [3.05, 3.63) is 34.0 Å². The van der Waals surface area contributed by atoms with E-state index in [9.17, 15) is 18.0 Å². The van der Waals surface area contributed by atoms with E-state index in [0.717, 1.165) is 22.5 Å². The number of carbonyl (C=O) groups excluding carboxylic acids is 1. The zero-order valence-electron chi connectivity index (χ0n) is 13.2. The minimum Gasteiger partial charge on any atom is -0.491 e. The van der Waals surface area contributed by atoms with Gasteiger partial charge in [-0.3, -0.25) is 5.32 Å². The number of rotatable bonds is 3. The predicted octanol–water partition coefficient (Wildman–Crippen LogP) is 4.61. The molecule has 0 spiro atoms. The van der Waals surface area contributed by atoms with Gasteiger partial charge in [-0.1, -0.05) is 21.1 Å². The summed E-state index contributed by atoms with van der Waals surface area (Å²) in [5.74, 6) is 0.209. The summed E-state index contributed by atoms with van der Waals surface area (Å²) in [4.78, 5) is 12.1. The molecule has 1 saturated carbocycles. The number of carbonyl (C=O) groups is 1. The van der Waals surface area contributed by atoms with Gasteiger partial charge in [0.05, 0.1) is 12.3 Å². The number of nitrogens with one attached hydrogen (secondary N) is 2. The third-order valence-electron chi connectivity index (χ3n) is 4.57. The van der Waals surface area contributed by atoms with E-state index in [-0.39, 0.29) is 24.4 Å². The number of amides is 2. The van der Waals surface area contributed by atoms with E-state index in [2.05, 4.69) is 31.7 Å². The van der Waals surface area contributed by atoms with Crippen LogP contribution in [0.3, 0.4) is 0 Å². The van der Waals surface area contributed by atoms with Crippen LogP contribution >= 0.6 is 15.9 Å². The molecule has 10 heteroatoms. The van der Waals surface area contributed by atoms with Gasteiger partial charge >= 0.3 is 12.2 Å². The van der Waals surface area contributed by atoms with Gasteiger partial charge in [0.1, 0.15) is 11.2 Å². The lowest BCUT2D eigenvalue weighted by Crippen LogP contribution is -2.28. The average molecular weight is 432 g/mol. The van der Waals surface area contributed by atoms with Gasteiger partial charge in [0.2, 0.25) is 0 Å². The maximum absolute atomic E-state index is 13.1. The second-order valence-corrected chi connectivity index (χ2v) is 7.09. The summed E-state index contributed by atoms with van der Waals surface area (Å²) < 4.78 is 50.5. The van der Waals surface area contributed by atoms with E-state index in [0.29, 0.717) is 18.0 Å². The molecule has 0 radical (unpaired) electrons. The Morgan fingerprint density at radius 3 is 2.73 bits per heavy atom. The van der Waals surface area contributed by atoms with Crippen molar-refractivity contribution in [1.82, 2.24) is 5.16 Å². The molecule has 1 aliphatic heterocycles. The van der Waals surface area contributed by atoms with Gasteiger partial charge in [0.15, 0.2) is 11.6 Å². The number of alkyl halides is 3. The fraction of sp³-hybridized carbons (Fsp3) is 0.375. The van der Waals surface area contributed by atoms with E-state index < -0.39 is 17.6 Å². The molecule has 4 rings (SSSR count). The molecule has 1 aliphatic carbocycles. The molecular formula is C16H13BrF3N3O3. The van der Waals surface area contributed by atoms with Gasteiger partial charge in [0.25, 0.3) is 0 Å². The summed E-state index contributed by atoms with van der Waals surface area (Å²) >= 11 is 3.42. The normalized spacial score (nSPS) is 17.4. The van der Waals surface area contributed by atoms with Gasteiger partial charge in [-0.05, 0) is 25.0 Å². The third kappa shape index (κ3) is 2.81. The molecule has 2 heterocycles. The highest BCUT2D eigenvalue weighted by Crippen LogP contribution is 2.59. The van der Waals surface area contributed by atoms with Crippen molar-refractivity contribution in [3.8, 4) is 5.75 Å². The molecule has 6 nitrogen and oxygen atoms in total. The molecule has 1 aromatic heterocycles. The van der Waals surface area contributed by atoms with Crippen molar-refractivity contribution in [2.75, 3.05) is 17.2 Å². The maximum Gasteiger partial charge on any atom is 0.401 e. The monoisotopic (exact) mass is 431 g/mol. The first-order chi connectivity index (χ1) is 12.3. The molecule has 2 amide bonds. The van der Waals surface area contributed by atoms with Crippen molar-refractivity contribution in [2.45, 2.75) is 30.9 Å². The van der Waals surface area contributed by atoms with Crippen molar-refractivity contribution in [1.29, 1.82) is 0 Å². The molecule has 1 aromatic carbocycles. The van der Waals surface area contributed by atoms with Crippen molar-refractivity contribution >= 4 is 33.5 Å². The number of fused-ring (bicyclic) bond motifs is 1. The Morgan fingerprint density at radius 2 is 2.04 bits per heavy atom. The Morgan fingerprint density at radius 1 is 1.27 bits per heavy atom. The quantitative estimate of drug-likeness (QED) is 0.743. The highest BCUT2D eigenvalue weighted by atomic mass is 79.9. The molecule has 138 valence electrons. The van der Waals surface area contributed by atoms with Crippen LogP contribution in [0.4, 0.5) is 29.5 Å². The first-order valence-corrected chi connectivity index (χ1v) is 8.65. The molecule has 1 fully saturated rings. The second kappa shape index (κ2) is 5.90. The standard InChI is InChI=1S/C16H13BrF3N3O3/c17-9-1-2-10(13-8(9)3-6-25-13)21-14(24)22-12-7-11(26-23-12)15(4-5-15)16(18,19)20/h1-2,7H,3-6H2,(H2,21,22,23,24). The SMILES string of the molecule is O=C(Nc1cc(C2(C(F)(F)F)CC2)on1)Nc1ccc(Br)c2c1OCC2. The number of urea groups is 1. The van der Waals surface area contributed by atoms with Crippen LogP contribution in [-0.4, -0.2) is 24.0 Å². The Balaban J connectivity index is 1.47. The van der Waals surface area contributed by atoms with Crippen LogP contribution in [0.15, 0.2) is 27.2 Å². The molecule has 2 N–H and O–H groups in total. The van der Waals surface area contributed by atoms with Gasteiger partial charge in [0, 0.05) is 22.5 Å². The lowest BCUT2D eigenvalue weighted by atomic mass is 10.0. The van der Waals surface area contributed by atoms with E-state index >= 15 is 0 Å². The second-order valence-electron chi connectivity index (χ2n) is 6.24. The summed E-state index contributed by atoms with van der Waals surface area (Å²) in [5, 5.41) is 8.51. The summed E-state index contributed by atoms with van der Waals surface area (Å²) in [6.07, 6.45) is -3.76. The zero-order valence-corrected chi connectivity index (χ0v) is 14.8. The first kappa shape index (κ1) is 17.2. The van der Waals surface area contributed by atoms with Crippen LogP contribution in [0.25, 0.3) is 0 Å². The van der Waals surface area contributed by atoms with Crippen LogP contribution in [0, 0.1) is 0 Å². The number of ether oxygens (including phenoxy) is 1. The minimum atomic E-state index is -4.40. The fourth-order valence-corrected chi connectivity index (χ4v) is 3.49. The Kier molecular flexibility index (Phi) is 3.90. The molecule has 0 saturated heterocycles. The van der Waals surface area contributed by atoms with E-state index in [1.807, 2.05) is 0 Å². The molecule has 0 atom stereocenters. The van der Waals surface area contributed by atoms with Crippen LogP contribution in [0.5, 0.6) is 5.75 Å². The lowest BCUT2D eigenvalue weighted by molar-refractivity contribution is -0.165.